The molecule has 1 aromatic carbocycles. The Balaban J connectivity index is 2.64. The summed E-state index contributed by atoms with van der Waals surface area (Å²) in [6, 6.07) is 4.40. The third kappa shape index (κ3) is 2.51. The van der Waals surface area contributed by atoms with Gasteiger partial charge in [0.25, 0.3) is 0 Å². The Hall–Kier alpha value is -1.95. The lowest BCUT2D eigenvalue weighted by atomic mass is 9.98. The zero-order valence-electron chi connectivity index (χ0n) is 10.8. The van der Waals surface area contributed by atoms with Crippen LogP contribution in [-0.4, -0.2) is 22.3 Å². The lowest BCUT2D eigenvalue weighted by Crippen LogP contribution is -2.50. The lowest BCUT2D eigenvalue weighted by molar-refractivity contribution is -0.204. The first-order chi connectivity index (χ1) is 9.56. The highest BCUT2D eigenvalue weighted by Gasteiger charge is 2.62. The maximum Gasteiger partial charge on any atom is 0.448 e. The molecule has 0 saturated heterocycles. The topological polar surface area (TPSA) is 46.5 Å². The van der Waals surface area contributed by atoms with Gasteiger partial charge in [0.15, 0.2) is 0 Å². The molecule has 7 heteroatoms. The number of hydrogen-bond acceptors (Lipinski definition) is 2. The van der Waals surface area contributed by atoms with E-state index in [0.29, 0.717) is 11.1 Å². The van der Waals surface area contributed by atoms with E-state index >= 15 is 0 Å². The van der Waals surface area contributed by atoms with Crippen molar-refractivity contribution in [3.63, 3.8) is 0 Å². The van der Waals surface area contributed by atoms with Crippen LogP contribution in [-0.2, 0) is 4.79 Å². The predicted octanol–water partition coefficient (Wildman–Crippen LogP) is 4.08. The molecule has 1 heterocycles. The number of alkyl halides is 4. The van der Waals surface area contributed by atoms with Crippen LogP contribution in [0.5, 0.6) is 5.75 Å². The second kappa shape index (κ2) is 4.80. The van der Waals surface area contributed by atoms with E-state index in [2.05, 4.69) is 6.58 Å². The molecule has 2 rings (SSSR count). The van der Waals surface area contributed by atoms with Crippen LogP contribution in [0.15, 0.2) is 30.4 Å². The maximum absolute atomic E-state index is 13.1. The number of carboxylic acid groups (broad SMARTS) is 1. The van der Waals surface area contributed by atoms with Gasteiger partial charge in [0.2, 0.25) is 0 Å². The molecular weight excluding hydrogens is 309 g/mol. The monoisotopic (exact) mass is 318 g/mol. The van der Waals surface area contributed by atoms with Gasteiger partial charge >= 0.3 is 17.2 Å². The molecule has 0 spiro atoms. The number of hydrogen-bond donors (Lipinski definition) is 1. The van der Waals surface area contributed by atoms with Crippen molar-refractivity contribution >= 4 is 29.2 Å². The van der Waals surface area contributed by atoms with E-state index in [9.17, 15) is 18.0 Å². The Labute approximate surface area is 123 Å². The highest BCUT2D eigenvalue weighted by atomic mass is 35.5. The summed E-state index contributed by atoms with van der Waals surface area (Å²) in [5, 5.41) is 5.54. The summed E-state index contributed by atoms with van der Waals surface area (Å²) in [6.07, 6.45) is -4.22. The van der Waals surface area contributed by atoms with E-state index in [1.165, 1.54) is 12.1 Å². The van der Waals surface area contributed by atoms with Gasteiger partial charge in [0.1, 0.15) is 11.3 Å². The van der Waals surface area contributed by atoms with E-state index in [4.69, 9.17) is 21.4 Å². The molecule has 0 saturated carbocycles. The summed E-state index contributed by atoms with van der Waals surface area (Å²) in [4.78, 5) is 11.1. The van der Waals surface area contributed by atoms with Crippen molar-refractivity contribution in [3.05, 3.63) is 41.5 Å². The van der Waals surface area contributed by atoms with Crippen molar-refractivity contribution < 1.29 is 27.8 Å². The minimum absolute atomic E-state index is 0.146. The van der Waals surface area contributed by atoms with Crippen LogP contribution < -0.4 is 4.74 Å². The van der Waals surface area contributed by atoms with E-state index in [0.717, 1.165) is 6.08 Å². The molecule has 0 aromatic heterocycles. The third-order valence-electron chi connectivity index (χ3n) is 3.00. The molecule has 1 aromatic rings. The Kier molecular flexibility index (Phi) is 3.53. The highest BCUT2D eigenvalue weighted by Crippen LogP contribution is 2.48. The van der Waals surface area contributed by atoms with Crippen molar-refractivity contribution in [1.29, 1.82) is 0 Å². The molecule has 0 amide bonds. The van der Waals surface area contributed by atoms with Gasteiger partial charge in [0.05, 0.1) is 0 Å². The molecule has 1 aliphatic heterocycles. The summed E-state index contributed by atoms with van der Waals surface area (Å²) in [5.41, 5.74) is 0.328. The van der Waals surface area contributed by atoms with Crippen LogP contribution in [0.1, 0.15) is 18.1 Å². The van der Waals surface area contributed by atoms with Gasteiger partial charge in [-0.25, -0.2) is 4.79 Å². The Morgan fingerprint density at radius 3 is 2.52 bits per heavy atom. The number of rotatable bonds is 2. The molecule has 0 bridgehead atoms. The fourth-order valence-corrected chi connectivity index (χ4v) is 2.09. The third-order valence-corrected chi connectivity index (χ3v) is 3.49. The molecule has 0 fully saturated rings. The fourth-order valence-electron chi connectivity index (χ4n) is 1.87. The first kappa shape index (κ1) is 15.4. The summed E-state index contributed by atoms with van der Waals surface area (Å²) in [7, 11) is 0. The van der Waals surface area contributed by atoms with Crippen molar-refractivity contribution in [1.82, 2.24) is 0 Å². The lowest BCUT2D eigenvalue weighted by Gasteiger charge is -2.34. The Morgan fingerprint density at radius 2 is 2.05 bits per heavy atom. The zero-order valence-corrected chi connectivity index (χ0v) is 11.5. The average molecular weight is 319 g/mol. The normalized spacial score (nSPS) is 21.1. The summed E-state index contributed by atoms with van der Waals surface area (Å²) in [6.45, 7) is 5.36. The number of ether oxygens (including phenoxy) is 1. The molecule has 1 aliphatic rings. The van der Waals surface area contributed by atoms with Crippen molar-refractivity contribution in [2.45, 2.75) is 18.2 Å². The molecule has 0 radical (unpaired) electrons. The van der Waals surface area contributed by atoms with Crippen LogP contribution in [0, 0.1) is 0 Å². The van der Waals surface area contributed by atoms with Crippen LogP contribution in [0.25, 0.3) is 11.6 Å². The number of carboxylic acids is 1. The zero-order chi connectivity index (χ0) is 16.0. The standard InChI is InChI=1S/C14H10ClF3O3/c1-7(2)8-3-4-9-5-10(12(19)20)13(15,14(16,17)18)21-11(9)6-8/h3-6H,1H2,2H3,(H,19,20). The van der Waals surface area contributed by atoms with Gasteiger partial charge in [0, 0.05) is 5.56 Å². The van der Waals surface area contributed by atoms with Gasteiger partial charge < -0.3 is 9.84 Å². The molecule has 1 N–H and O–H groups in total. The van der Waals surface area contributed by atoms with E-state index in [1.54, 1.807) is 13.0 Å². The molecule has 1 unspecified atom stereocenters. The van der Waals surface area contributed by atoms with Crippen LogP contribution in [0.3, 0.4) is 0 Å². The van der Waals surface area contributed by atoms with E-state index in [1.807, 2.05) is 0 Å². The van der Waals surface area contributed by atoms with Crippen LogP contribution in [0.4, 0.5) is 13.2 Å². The smallest absolute Gasteiger partial charge is 0.448 e. The first-order valence-corrected chi connectivity index (χ1v) is 6.14. The number of allylic oxidation sites excluding steroid dienone is 1. The van der Waals surface area contributed by atoms with Gasteiger partial charge in [-0.2, -0.15) is 13.2 Å². The highest BCUT2D eigenvalue weighted by molar-refractivity contribution is 6.29. The number of aliphatic carboxylic acids is 1. The molecule has 0 aliphatic carbocycles. The predicted molar refractivity (Wildman–Crippen MR) is 72.0 cm³/mol. The molecular formula is C14H10ClF3O3. The minimum Gasteiger partial charge on any atom is -0.478 e. The second-order valence-corrected chi connectivity index (χ2v) is 5.12. The van der Waals surface area contributed by atoms with Crippen LogP contribution in [0.2, 0.25) is 0 Å². The number of benzene rings is 1. The maximum atomic E-state index is 13.1. The summed E-state index contributed by atoms with van der Waals surface area (Å²) in [5.74, 6) is -1.94. The molecule has 21 heavy (non-hydrogen) atoms. The van der Waals surface area contributed by atoms with Gasteiger partial charge in [-0.05, 0) is 24.6 Å². The van der Waals surface area contributed by atoms with Crippen LogP contribution >= 0.6 is 11.6 Å². The first-order valence-electron chi connectivity index (χ1n) is 5.76. The Bertz CT molecular complexity index is 664. The van der Waals surface area contributed by atoms with E-state index in [-0.39, 0.29) is 11.3 Å². The van der Waals surface area contributed by atoms with Crippen molar-refractivity contribution in [2.24, 2.45) is 0 Å². The summed E-state index contributed by atoms with van der Waals surface area (Å²) < 4.78 is 44.1. The van der Waals surface area contributed by atoms with E-state index < -0.39 is 22.8 Å². The van der Waals surface area contributed by atoms with Crippen molar-refractivity contribution in [2.75, 3.05) is 0 Å². The second-order valence-electron chi connectivity index (χ2n) is 4.59. The number of halogens is 4. The van der Waals surface area contributed by atoms with Gasteiger partial charge in [-0.1, -0.05) is 35.9 Å². The van der Waals surface area contributed by atoms with Gasteiger partial charge in [-0.3, -0.25) is 0 Å². The molecule has 1 atom stereocenters. The SMILES string of the molecule is C=C(C)c1ccc2c(c1)OC(Cl)(C(F)(F)F)C(C(=O)O)=C2. The Morgan fingerprint density at radius 1 is 1.43 bits per heavy atom. The molecule has 3 nitrogen and oxygen atoms in total. The van der Waals surface area contributed by atoms with Gasteiger partial charge in [-0.15, -0.1) is 0 Å². The van der Waals surface area contributed by atoms with Crippen molar-refractivity contribution in [3.8, 4) is 5.75 Å². The molecule has 112 valence electrons. The quantitative estimate of drug-likeness (QED) is 0.836. The number of fused-ring (bicyclic) bond motifs is 1. The average Bonchev–Trinajstić information content (AvgIpc) is 2.35. The summed E-state index contributed by atoms with van der Waals surface area (Å²) >= 11 is 5.45. The number of carbonyl (C=O) groups is 1. The fraction of sp³-hybridized carbons (Fsp3) is 0.214. The largest absolute Gasteiger partial charge is 0.478 e. The minimum atomic E-state index is -5.09.